The minimum Gasteiger partial charge on any atom is -0.393 e. The van der Waals surface area contributed by atoms with E-state index < -0.39 is 5.60 Å². The highest BCUT2D eigenvalue weighted by Gasteiger charge is 2.66. The third-order valence-corrected chi connectivity index (χ3v) is 9.81. The van der Waals surface area contributed by atoms with E-state index in [2.05, 4.69) is 30.5 Å². The van der Waals surface area contributed by atoms with Crippen molar-refractivity contribution < 1.29 is 10.2 Å². The first-order chi connectivity index (χ1) is 14.1. The monoisotopic (exact) mass is 416 g/mol. The molecule has 0 aliphatic heterocycles. The third-order valence-electron chi connectivity index (χ3n) is 9.81. The SMILES string of the molecule is CC(/C=N/NC(=N)N)=C\[C@H]1CC[C@]2(O)[C@@H]3CC[C@@H]4C[C@@H](O)CC[C@]4(C)[C@H]3CC[C@]12C. The second kappa shape index (κ2) is 7.63. The Kier molecular flexibility index (Phi) is 5.55. The number of nitrogens with zero attached hydrogens (tertiary/aromatic N) is 1. The molecule has 4 rings (SSSR count). The van der Waals surface area contributed by atoms with Gasteiger partial charge in [-0.1, -0.05) is 19.9 Å². The molecule has 6 nitrogen and oxygen atoms in total. The van der Waals surface area contributed by atoms with Crippen LogP contribution in [0.2, 0.25) is 0 Å². The van der Waals surface area contributed by atoms with E-state index in [1.807, 2.05) is 6.92 Å². The lowest BCUT2D eigenvalue weighted by Crippen LogP contribution is -2.62. The van der Waals surface area contributed by atoms with Crippen molar-refractivity contribution >= 4 is 12.2 Å². The molecule has 4 aliphatic rings. The molecule has 6 N–H and O–H groups in total. The van der Waals surface area contributed by atoms with Crippen LogP contribution < -0.4 is 11.2 Å². The van der Waals surface area contributed by atoms with E-state index in [-0.39, 0.29) is 22.9 Å². The first-order valence-corrected chi connectivity index (χ1v) is 11.8. The standard InChI is InChI=1S/C24H40N4O2/c1-15(14-27-28-21(25)26)12-17-6-11-24(30)20-5-4-16-13-18(29)7-9-22(16,2)19(20)8-10-23(17,24)3/h12,14,16-20,29-30H,4-11,13H2,1-3H3,(H4,25,26,28)/b15-12+,27-14+/t16-,17-,18+,19+,20-,22+,23-,24+/m1/s1. The van der Waals surface area contributed by atoms with E-state index in [0.717, 1.165) is 56.9 Å². The van der Waals surface area contributed by atoms with Crippen molar-refractivity contribution in [1.29, 1.82) is 5.41 Å². The molecule has 0 aromatic rings. The second-order valence-electron chi connectivity index (χ2n) is 11.1. The zero-order valence-corrected chi connectivity index (χ0v) is 18.8. The number of rotatable bonds is 3. The minimum atomic E-state index is -0.601. The number of hydrogen-bond donors (Lipinski definition) is 5. The van der Waals surface area contributed by atoms with Gasteiger partial charge in [0.15, 0.2) is 0 Å². The lowest BCUT2D eigenvalue weighted by atomic mass is 9.43. The summed E-state index contributed by atoms with van der Waals surface area (Å²) in [6.07, 6.45) is 13.2. The summed E-state index contributed by atoms with van der Waals surface area (Å²) in [7, 11) is 0. The van der Waals surface area contributed by atoms with E-state index in [1.54, 1.807) is 6.21 Å². The van der Waals surface area contributed by atoms with E-state index in [4.69, 9.17) is 11.1 Å². The molecule has 4 aliphatic carbocycles. The molecule has 4 fully saturated rings. The van der Waals surface area contributed by atoms with Crippen LogP contribution >= 0.6 is 0 Å². The van der Waals surface area contributed by atoms with Gasteiger partial charge in [-0.3, -0.25) is 5.41 Å². The summed E-state index contributed by atoms with van der Waals surface area (Å²) < 4.78 is 0. The van der Waals surface area contributed by atoms with Gasteiger partial charge < -0.3 is 15.9 Å². The van der Waals surface area contributed by atoms with E-state index >= 15 is 0 Å². The molecule has 0 aromatic heterocycles. The van der Waals surface area contributed by atoms with Crippen molar-refractivity contribution in [3.63, 3.8) is 0 Å². The van der Waals surface area contributed by atoms with Gasteiger partial charge in [0.05, 0.1) is 11.7 Å². The van der Waals surface area contributed by atoms with Crippen LogP contribution in [0.15, 0.2) is 16.8 Å². The Balaban J connectivity index is 1.56. The zero-order valence-electron chi connectivity index (χ0n) is 18.8. The number of hydrogen-bond acceptors (Lipinski definition) is 4. The molecule has 168 valence electrons. The number of nitrogens with one attached hydrogen (secondary N) is 2. The van der Waals surface area contributed by atoms with Crippen molar-refractivity contribution in [2.24, 2.45) is 45.3 Å². The Labute approximate surface area is 180 Å². The Bertz CT molecular complexity index is 751. The van der Waals surface area contributed by atoms with Gasteiger partial charge in [0.1, 0.15) is 0 Å². The first-order valence-electron chi connectivity index (χ1n) is 11.8. The van der Waals surface area contributed by atoms with Crippen LogP contribution in [0.5, 0.6) is 0 Å². The highest BCUT2D eigenvalue weighted by atomic mass is 16.3. The normalized spacial score (nSPS) is 48.7. The molecule has 0 unspecified atom stereocenters. The van der Waals surface area contributed by atoms with Crippen molar-refractivity contribution in [3.05, 3.63) is 11.6 Å². The van der Waals surface area contributed by atoms with Gasteiger partial charge in [0.25, 0.3) is 0 Å². The Morgan fingerprint density at radius 2 is 1.87 bits per heavy atom. The maximum Gasteiger partial charge on any atom is 0.206 e. The minimum absolute atomic E-state index is 0.103. The van der Waals surface area contributed by atoms with Crippen LogP contribution in [-0.4, -0.2) is 34.1 Å². The quantitative estimate of drug-likeness (QED) is 0.275. The van der Waals surface area contributed by atoms with Crippen LogP contribution in [0.3, 0.4) is 0 Å². The number of fused-ring (bicyclic) bond motifs is 5. The molecule has 0 amide bonds. The van der Waals surface area contributed by atoms with E-state index in [1.165, 1.54) is 6.42 Å². The van der Waals surface area contributed by atoms with Crippen LogP contribution in [-0.2, 0) is 0 Å². The van der Waals surface area contributed by atoms with Crippen molar-refractivity contribution in [2.75, 3.05) is 0 Å². The summed E-state index contributed by atoms with van der Waals surface area (Å²) in [6.45, 7) is 6.80. The highest BCUT2D eigenvalue weighted by molar-refractivity contribution is 5.80. The van der Waals surface area contributed by atoms with Gasteiger partial charge >= 0.3 is 0 Å². The van der Waals surface area contributed by atoms with Gasteiger partial charge in [0, 0.05) is 11.6 Å². The molecule has 30 heavy (non-hydrogen) atoms. The summed E-state index contributed by atoms with van der Waals surface area (Å²) in [6, 6.07) is 0. The molecule has 4 saturated carbocycles. The van der Waals surface area contributed by atoms with Gasteiger partial charge in [0.2, 0.25) is 5.96 Å². The van der Waals surface area contributed by atoms with Crippen molar-refractivity contribution in [3.8, 4) is 0 Å². The predicted molar refractivity (Wildman–Crippen MR) is 120 cm³/mol. The van der Waals surface area contributed by atoms with Crippen LogP contribution in [0.1, 0.15) is 78.6 Å². The summed E-state index contributed by atoms with van der Waals surface area (Å²) >= 11 is 0. The molecule has 0 bridgehead atoms. The lowest BCUT2D eigenvalue weighted by molar-refractivity contribution is -0.207. The third kappa shape index (κ3) is 3.31. The van der Waals surface area contributed by atoms with Gasteiger partial charge in [-0.25, -0.2) is 5.43 Å². The van der Waals surface area contributed by atoms with Gasteiger partial charge in [-0.05, 0) is 99.4 Å². The maximum atomic E-state index is 12.2. The van der Waals surface area contributed by atoms with E-state index in [0.29, 0.717) is 23.7 Å². The smallest absolute Gasteiger partial charge is 0.206 e. The fourth-order valence-corrected chi connectivity index (χ4v) is 8.08. The van der Waals surface area contributed by atoms with Crippen LogP contribution in [0, 0.1) is 39.9 Å². The molecular weight excluding hydrogens is 376 g/mol. The maximum absolute atomic E-state index is 12.2. The molecule has 0 radical (unpaired) electrons. The number of hydrazone groups is 1. The fourth-order valence-electron chi connectivity index (χ4n) is 8.08. The average molecular weight is 417 g/mol. The first kappa shape index (κ1) is 21.8. The summed E-state index contributed by atoms with van der Waals surface area (Å²) in [5, 5.41) is 33.6. The highest BCUT2D eigenvalue weighted by Crippen LogP contribution is 2.69. The van der Waals surface area contributed by atoms with Gasteiger partial charge in [-0.2, -0.15) is 5.10 Å². The Hall–Kier alpha value is -1.40. The second-order valence-corrected chi connectivity index (χ2v) is 11.1. The molecule has 8 atom stereocenters. The summed E-state index contributed by atoms with van der Waals surface area (Å²) in [5.74, 6) is 1.73. The average Bonchev–Trinajstić information content (AvgIpc) is 2.93. The molecule has 0 heterocycles. The lowest BCUT2D eigenvalue weighted by Gasteiger charge is -2.63. The number of allylic oxidation sites excluding steroid dienone is 2. The number of aliphatic hydroxyl groups is 2. The zero-order chi connectivity index (χ0) is 21.7. The summed E-state index contributed by atoms with van der Waals surface area (Å²) in [5.41, 5.74) is 8.36. The number of aliphatic hydroxyl groups excluding tert-OH is 1. The van der Waals surface area contributed by atoms with Crippen LogP contribution in [0.25, 0.3) is 0 Å². The van der Waals surface area contributed by atoms with Crippen molar-refractivity contribution in [2.45, 2.75) is 90.3 Å². The van der Waals surface area contributed by atoms with Crippen LogP contribution in [0.4, 0.5) is 0 Å². The Morgan fingerprint density at radius 1 is 1.10 bits per heavy atom. The molecule has 0 saturated heterocycles. The van der Waals surface area contributed by atoms with Gasteiger partial charge in [-0.15, -0.1) is 0 Å². The molecule has 0 spiro atoms. The molecule has 6 heteroatoms. The number of nitrogens with two attached hydrogens (primary N) is 1. The summed E-state index contributed by atoms with van der Waals surface area (Å²) in [4.78, 5) is 0. The van der Waals surface area contributed by atoms with Crippen molar-refractivity contribution in [1.82, 2.24) is 5.43 Å². The fraction of sp³-hybridized carbons (Fsp3) is 0.833. The predicted octanol–water partition coefficient (Wildman–Crippen LogP) is 3.54. The Morgan fingerprint density at radius 3 is 2.60 bits per heavy atom. The van der Waals surface area contributed by atoms with E-state index in [9.17, 15) is 10.2 Å². The largest absolute Gasteiger partial charge is 0.393 e. The molecule has 0 aromatic carbocycles. The topological polar surface area (TPSA) is 115 Å². The molecular formula is C24H40N4O2. The number of guanidine groups is 1.